The van der Waals surface area contributed by atoms with Crippen molar-refractivity contribution in [3.8, 4) is 0 Å². The molecule has 0 unspecified atom stereocenters. The van der Waals surface area contributed by atoms with Gasteiger partial charge in [0.2, 0.25) is 10.0 Å². The second-order valence-electron chi connectivity index (χ2n) is 3.97. The minimum absolute atomic E-state index is 0.149. The number of hydrogen-bond donors (Lipinski definition) is 2. The van der Waals surface area contributed by atoms with Crippen LogP contribution in [0.25, 0.3) is 0 Å². The van der Waals surface area contributed by atoms with Gasteiger partial charge in [-0.05, 0) is 18.9 Å². The van der Waals surface area contributed by atoms with E-state index in [0.29, 0.717) is 12.6 Å². The molecule has 1 aliphatic rings. The molecule has 0 saturated heterocycles. The molecule has 0 spiro atoms. The van der Waals surface area contributed by atoms with E-state index >= 15 is 0 Å². The Morgan fingerprint density at radius 2 is 2.12 bits per heavy atom. The summed E-state index contributed by atoms with van der Waals surface area (Å²) in [7, 11) is -3.65. The van der Waals surface area contributed by atoms with Crippen LogP contribution in [0.5, 0.6) is 0 Å². The number of hydrogen-bond acceptors (Lipinski definition) is 4. The van der Waals surface area contributed by atoms with Gasteiger partial charge >= 0.3 is 0 Å². The van der Waals surface area contributed by atoms with E-state index in [1.54, 1.807) is 0 Å². The normalized spacial score (nSPS) is 16.1. The molecule has 1 aliphatic carbocycles. The van der Waals surface area contributed by atoms with Crippen LogP contribution in [0.2, 0.25) is 0 Å². The molecular formula is C10H14FN3O2S. The summed E-state index contributed by atoms with van der Waals surface area (Å²) in [5.41, 5.74) is 0. The molecule has 0 aliphatic heterocycles. The van der Waals surface area contributed by atoms with Crippen LogP contribution in [0.3, 0.4) is 0 Å². The maximum absolute atomic E-state index is 12.8. The zero-order valence-corrected chi connectivity index (χ0v) is 10.0. The summed E-state index contributed by atoms with van der Waals surface area (Å²) in [6.45, 7) is 0.863. The number of rotatable bonds is 6. The highest BCUT2D eigenvalue weighted by atomic mass is 32.2. The first-order valence-electron chi connectivity index (χ1n) is 5.41. The summed E-state index contributed by atoms with van der Waals surface area (Å²) < 4.78 is 38.6. The van der Waals surface area contributed by atoms with Crippen molar-refractivity contribution in [1.29, 1.82) is 0 Å². The molecule has 1 saturated carbocycles. The summed E-state index contributed by atoms with van der Waals surface area (Å²) in [6.07, 6.45) is 4.40. The zero-order valence-electron chi connectivity index (χ0n) is 9.19. The van der Waals surface area contributed by atoms with E-state index in [-0.39, 0.29) is 11.4 Å². The first-order valence-corrected chi connectivity index (χ1v) is 6.90. The molecular weight excluding hydrogens is 245 g/mol. The first kappa shape index (κ1) is 12.4. The molecule has 0 amide bonds. The van der Waals surface area contributed by atoms with Crippen LogP contribution < -0.4 is 10.0 Å². The lowest BCUT2D eigenvalue weighted by molar-refractivity contribution is 0.570. The van der Waals surface area contributed by atoms with Gasteiger partial charge in [-0.3, -0.25) is 4.98 Å². The molecule has 0 bridgehead atoms. The van der Waals surface area contributed by atoms with E-state index in [2.05, 4.69) is 15.0 Å². The molecule has 17 heavy (non-hydrogen) atoms. The van der Waals surface area contributed by atoms with Gasteiger partial charge in [0, 0.05) is 25.3 Å². The monoisotopic (exact) mass is 259 g/mol. The summed E-state index contributed by atoms with van der Waals surface area (Å²) in [5.74, 6) is -0.663. The molecule has 0 radical (unpaired) electrons. The molecule has 0 aromatic carbocycles. The second kappa shape index (κ2) is 5.07. The highest BCUT2D eigenvalue weighted by Crippen LogP contribution is 2.17. The smallest absolute Gasteiger partial charge is 0.242 e. The highest BCUT2D eigenvalue weighted by Gasteiger charge is 2.20. The lowest BCUT2D eigenvalue weighted by atomic mass is 10.5. The highest BCUT2D eigenvalue weighted by molar-refractivity contribution is 7.89. The van der Waals surface area contributed by atoms with Crippen molar-refractivity contribution in [1.82, 2.24) is 15.0 Å². The van der Waals surface area contributed by atoms with Crippen LogP contribution in [-0.4, -0.2) is 32.5 Å². The Balaban J connectivity index is 1.88. The molecule has 7 heteroatoms. The van der Waals surface area contributed by atoms with E-state index in [4.69, 9.17) is 0 Å². The van der Waals surface area contributed by atoms with Gasteiger partial charge in [0.05, 0.1) is 6.20 Å². The van der Waals surface area contributed by atoms with Crippen molar-refractivity contribution in [2.24, 2.45) is 0 Å². The maximum Gasteiger partial charge on any atom is 0.242 e. The average Bonchev–Trinajstić information content (AvgIpc) is 3.08. The third kappa shape index (κ3) is 3.72. The van der Waals surface area contributed by atoms with E-state index in [9.17, 15) is 12.8 Å². The molecule has 1 aromatic heterocycles. The fourth-order valence-corrected chi connectivity index (χ4v) is 2.38. The van der Waals surface area contributed by atoms with Crippen LogP contribution >= 0.6 is 0 Å². The number of aromatic nitrogens is 1. The predicted molar refractivity (Wildman–Crippen MR) is 60.4 cm³/mol. The van der Waals surface area contributed by atoms with Crippen LogP contribution in [0.1, 0.15) is 12.8 Å². The van der Waals surface area contributed by atoms with Crippen molar-refractivity contribution >= 4 is 10.0 Å². The predicted octanol–water partition coefficient (Wildman–Crippen LogP) is 0.251. The number of nitrogens with zero attached hydrogens (tertiary/aromatic N) is 1. The van der Waals surface area contributed by atoms with Gasteiger partial charge in [-0.15, -0.1) is 0 Å². The SMILES string of the molecule is O=S(=O)(NCCNC1CC1)c1cncc(F)c1. The van der Waals surface area contributed by atoms with Crippen LogP contribution in [0.4, 0.5) is 4.39 Å². The first-order chi connectivity index (χ1) is 8.08. The van der Waals surface area contributed by atoms with Gasteiger partial charge in [0.15, 0.2) is 0 Å². The van der Waals surface area contributed by atoms with E-state index in [1.807, 2.05) is 0 Å². The van der Waals surface area contributed by atoms with Crippen molar-refractivity contribution in [3.63, 3.8) is 0 Å². The van der Waals surface area contributed by atoms with Crippen molar-refractivity contribution in [3.05, 3.63) is 24.3 Å². The molecule has 5 nitrogen and oxygen atoms in total. The van der Waals surface area contributed by atoms with E-state index in [1.165, 1.54) is 0 Å². The van der Waals surface area contributed by atoms with Gasteiger partial charge in [-0.2, -0.15) is 0 Å². The Bertz CT molecular complexity index is 488. The molecule has 1 heterocycles. The zero-order chi connectivity index (χ0) is 12.3. The van der Waals surface area contributed by atoms with Gasteiger partial charge in [0.1, 0.15) is 10.7 Å². The molecule has 94 valence electrons. The van der Waals surface area contributed by atoms with Crippen molar-refractivity contribution in [2.75, 3.05) is 13.1 Å². The third-order valence-corrected chi connectivity index (χ3v) is 3.85. The minimum Gasteiger partial charge on any atom is -0.313 e. The van der Waals surface area contributed by atoms with Crippen LogP contribution in [0.15, 0.2) is 23.4 Å². The molecule has 2 rings (SSSR count). The Labute approximate surface area is 99.5 Å². The molecule has 0 atom stereocenters. The lowest BCUT2D eigenvalue weighted by Gasteiger charge is -2.06. The summed E-state index contributed by atoms with van der Waals surface area (Å²) in [5, 5.41) is 3.18. The van der Waals surface area contributed by atoms with Crippen molar-refractivity contribution < 1.29 is 12.8 Å². The minimum atomic E-state index is -3.65. The number of sulfonamides is 1. The topological polar surface area (TPSA) is 71.1 Å². The Hall–Kier alpha value is -1.05. The fourth-order valence-electron chi connectivity index (χ4n) is 1.37. The number of halogens is 1. The van der Waals surface area contributed by atoms with Gasteiger partial charge in [-0.25, -0.2) is 17.5 Å². The number of pyridine rings is 1. The summed E-state index contributed by atoms with van der Waals surface area (Å²) >= 11 is 0. The van der Waals surface area contributed by atoms with Gasteiger partial charge in [0.25, 0.3) is 0 Å². The second-order valence-corrected chi connectivity index (χ2v) is 5.73. The quantitative estimate of drug-likeness (QED) is 0.718. The third-order valence-electron chi connectivity index (χ3n) is 2.42. The van der Waals surface area contributed by atoms with E-state index < -0.39 is 15.8 Å². The Kier molecular flexibility index (Phi) is 3.70. The standard InChI is InChI=1S/C10H14FN3O2S/c11-8-5-10(7-12-6-8)17(15,16)14-4-3-13-9-1-2-9/h5-7,9,13-14H,1-4H2. The summed E-state index contributed by atoms with van der Waals surface area (Å²) in [4.78, 5) is 3.36. The Morgan fingerprint density at radius 1 is 1.35 bits per heavy atom. The average molecular weight is 259 g/mol. The van der Waals surface area contributed by atoms with Gasteiger partial charge in [-0.1, -0.05) is 0 Å². The van der Waals surface area contributed by atoms with Crippen LogP contribution in [0, 0.1) is 5.82 Å². The van der Waals surface area contributed by atoms with E-state index in [0.717, 1.165) is 31.3 Å². The van der Waals surface area contributed by atoms with Crippen molar-refractivity contribution in [2.45, 2.75) is 23.8 Å². The number of nitrogens with one attached hydrogen (secondary N) is 2. The van der Waals surface area contributed by atoms with Gasteiger partial charge < -0.3 is 5.32 Å². The lowest BCUT2D eigenvalue weighted by Crippen LogP contribution is -2.32. The maximum atomic E-state index is 12.8. The Morgan fingerprint density at radius 3 is 2.76 bits per heavy atom. The van der Waals surface area contributed by atoms with Crippen LogP contribution in [-0.2, 0) is 10.0 Å². The molecule has 1 aromatic rings. The molecule has 2 N–H and O–H groups in total. The fraction of sp³-hybridized carbons (Fsp3) is 0.500. The largest absolute Gasteiger partial charge is 0.313 e. The summed E-state index contributed by atoms with van der Waals surface area (Å²) in [6, 6.07) is 1.49. The molecule has 1 fully saturated rings.